The fraction of sp³-hybridized carbons (Fsp3) is 0.742. The molecule has 1 aliphatic heterocycles. The van der Waals surface area contributed by atoms with Gasteiger partial charge in [-0.1, -0.05) is 27.7 Å². The van der Waals surface area contributed by atoms with Crippen molar-refractivity contribution in [2.24, 2.45) is 23.5 Å². The second-order valence-corrected chi connectivity index (χ2v) is 13.4. The lowest BCUT2D eigenvalue weighted by atomic mass is 10.0. The van der Waals surface area contributed by atoms with Crippen molar-refractivity contribution in [1.82, 2.24) is 14.9 Å². The Hall–Kier alpha value is -3.80. The molecule has 0 aromatic carbocycles. The number of nitrogens with one attached hydrogen (secondary N) is 1. The molecule has 1 aromatic heterocycles. The van der Waals surface area contributed by atoms with Gasteiger partial charge in [0, 0.05) is 18.5 Å². The summed E-state index contributed by atoms with van der Waals surface area (Å²) in [6, 6.07) is -0.561. The molecule has 1 saturated heterocycles. The predicted octanol–water partition coefficient (Wildman–Crippen LogP) is 1.00. The van der Waals surface area contributed by atoms with Crippen LogP contribution in [-0.2, 0) is 42.8 Å². The Kier molecular flexibility index (Phi) is 14.8. The van der Waals surface area contributed by atoms with Crippen molar-refractivity contribution in [3.63, 3.8) is 0 Å². The zero-order valence-corrected chi connectivity index (χ0v) is 29.0. The van der Waals surface area contributed by atoms with E-state index in [0.717, 1.165) is 0 Å². The number of nitrogens with two attached hydrogens (primary N) is 2. The van der Waals surface area contributed by atoms with Crippen LogP contribution in [0.3, 0.4) is 0 Å². The average molecular weight is 686 g/mol. The number of carbonyl (C=O) groups is 4. The molecule has 0 saturated carbocycles. The summed E-state index contributed by atoms with van der Waals surface area (Å²) in [6.45, 7) is 14.2. The van der Waals surface area contributed by atoms with Crippen molar-refractivity contribution in [1.29, 1.82) is 0 Å². The molecule has 1 aliphatic rings. The number of alkyl carbamates (subject to hydrolysis) is 1. The van der Waals surface area contributed by atoms with Crippen molar-refractivity contribution in [2.45, 2.75) is 117 Å². The number of hydrogen-bond acceptors (Lipinski definition) is 15. The molecule has 0 spiro atoms. The fourth-order valence-corrected chi connectivity index (χ4v) is 4.41. The van der Waals surface area contributed by atoms with Crippen LogP contribution < -0.4 is 22.5 Å². The summed E-state index contributed by atoms with van der Waals surface area (Å²) in [6.07, 6.45) is -4.91. The molecular formula is C31H51N5O12. The van der Waals surface area contributed by atoms with Crippen LogP contribution in [0.2, 0.25) is 0 Å². The van der Waals surface area contributed by atoms with Gasteiger partial charge >= 0.3 is 29.7 Å². The van der Waals surface area contributed by atoms with E-state index in [1.807, 2.05) is 0 Å². The summed E-state index contributed by atoms with van der Waals surface area (Å²) >= 11 is 0. The number of nitrogen functional groups attached to an aromatic ring is 1. The number of aliphatic hydroxyl groups excluding tert-OH is 1. The van der Waals surface area contributed by atoms with Crippen molar-refractivity contribution in [3.05, 3.63) is 22.7 Å². The molecule has 2 heterocycles. The Morgan fingerprint density at radius 1 is 1.04 bits per heavy atom. The van der Waals surface area contributed by atoms with E-state index in [2.05, 4.69) is 10.3 Å². The largest absolute Gasteiger partial charge is 0.460 e. The second kappa shape index (κ2) is 17.6. The Bertz CT molecular complexity index is 1310. The van der Waals surface area contributed by atoms with E-state index in [1.54, 1.807) is 48.5 Å². The Morgan fingerprint density at radius 3 is 2.25 bits per heavy atom. The van der Waals surface area contributed by atoms with Gasteiger partial charge in [0.2, 0.25) is 0 Å². The number of aromatic nitrogens is 2. The molecule has 1 aromatic rings. The first-order valence-corrected chi connectivity index (χ1v) is 15.8. The number of esters is 3. The van der Waals surface area contributed by atoms with Gasteiger partial charge in [-0.15, -0.1) is 0 Å². The third-order valence-corrected chi connectivity index (χ3v) is 7.31. The molecule has 6 N–H and O–H groups in total. The van der Waals surface area contributed by atoms with E-state index >= 15 is 0 Å². The number of aliphatic hydroxyl groups is 1. The normalized spacial score (nSPS) is 21.1. The molecule has 272 valence electrons. The predicted molar refractivity (Wildman–Crippen MR) is 170 cm³/mol. The molecule has 8 unspecified atom stereocenters. The van der Waals surface area contributed by atoms with Gasteiger partial charge in [-0.05, 0) is 52.5 Å². The molecule has 8 atom stereocenters. The van der Waals surface area contributed by atoms with E-state index < -0.39 is 84.1 Å². The van der Waals surface area contributed by atoms with Crippen molar-refractivity contribution in [2.75, 3.05) is 18.9 Å². The maximum atomic E-state index is 12.9. The summed E-state index contributed by atoms with van der Waals surface area (Å²) < 4.78 is 34.0. The lowest BCUT2D eigenvalue weighted by Gasteiger charge is -2.27. The second-order valence-electron chi connectivity index (χ2n) is 13.4. The third-order valence-electron chi connectivity index (χ3n) is 7.31. The van der Waals surface area contributed by atoms with Crippen LogP contribution in [0.4, 0.5) is 10.6 Å². The van der Waals surface area contributed by atoms with Gasteiger partial charge < -0.3 is 50.3 Å². The minimum atomic E-state index is -1.60. The summed E-state index contributed by atoms with van der Waals surface area (Å²) in [4.78, 5) is 66.2. The molecule has 17 nitrogen and oxygen atoms in total. The summed E-state index contributed by atoms with van der Waals surface area (Å²) in [5.41, 5.74) is 9.95. The number of carbonyl (C=O) groups excluding carboxylic acids is 4. The van der Waals surface area contributed by atoms with Crippen LogP contribution in [-0.4, -0.2) is 94.2 Å². The molecule has 1 fully saturated rings. The molecule has 0 bridgehead atoms. The summed E-state index contributed by atoms with van der Waals surface area (Å²) in [5, 5.41) is 13.2. The zero-order valence-electron chi connectivity index (χ0n) is 29.0. The van der Waals surface area contributed by atoms with Crippen LogP contribution in [0, 0.1) is 17.8 Å². The molecule has 2 rings (SSSR count). The Morgan fingerprint density at radius 2 is 1.69 bits per heavy atom. The van der Waals surface area contributed by atoms with Gasteiger partial charge in [-0.3, -0.25) is 9.36 Å². The highest BCUT2D eigenvalue weighted by molar-refractivity contribution is 5.82. The van der Waals surface area contributed by atoms with Crippen molar-refractivity contribution < 1.29 is 52.7 Å². The highest BCUT2D eigenvalue weighted by Gasteiger charge is 2.39. The number of ether oxygens (including phenoxy) is 6. The molecule has 17 heteroatoms. The standard InChI is InChI=1S/C31H51N5O12/c1-15(2)23(33)27(39)45-17(5)26(38)44-14-20-19(12-22(47-20)36-11-10-21(32)34-29(36)41)13-43-25(37)18(6)46-28(40)24(16(3)4)35-30(42)48-31(7,8)9/h10-11,15-20,22-25,37H,12-14,33H2,1-9H3,(H,35,42)(H2,32,34,41). The van der Waals surface area contributed by atoms with Crippen LogP contribution in [0.1, 0.15) is 75.0 Å². The van der Waals surface area contributed by atoms with Crippen molar-refractivity contribution >= 4 is 29.8 Å². The third kappa shape index (κ3) is 12.3. The maximum Gasteiger partial charge on any atom is 0.408 e. The smallest absolute Gasteiger partial charge is 0.408 e. The Balaban J connectivity index is 2.08. The SMILES string of the molecule is CC(OC(=O)C(N)C(C)C)C(=O)OCC1OC(n2ccc(N)nc2=O)CC1COC(O)C(C)OC(=O)C(NC(=O)OC(C)(C)C)C(C)C. The van der Waals surface area contributed by atoms with E-state index in [-0.39, 0.29) is 37.3 Å². The minimum absolute atomic E-state index is 0.0213. The topological polar surface area (TPSA) is 243 Å². The van der Waals surface area contributed by atoms with Crippen LogP contribution >= 0.6 is 0 Å². The summed E-state index contributed by atoms with van der Waals surface area (Å²) in [7, 11) is 0. The number of anilines is 1. The van der Waals surface area contributed by atoms with E-state index in [9.17, 15) is 29.1 Å². The maximum absolute atomic E-state index is 12.9. The first-order chi connectivity index (χ1) is 22.2. The van der Waals surface area contributed by atoms with Crippen molar-refractivity contribution in [3.8, 4) is 0 Å². The van der Waals surface area contributed by atoms with Crippen LogP contribution in [0.5, 0.6) is 0 Å². The lowest BCUT2D eigenvalue weighted by molar-refractivity contribution is -0.194. The van der Waals surface area contributed by atoms with Gasteiger partial charge in [0.05, 0.1) is 12.7 Å². The summed E-state index contributed by atoms with van der Waals surface area (Å²) in [5.74, 6) is -3.50. The van der Waals surface area contributed by atoms with Gasteiger partial charge in [-0.2, -0.15) is 4.98 Å². The molecule has 0 radical (unpaired) electrons. The number of hydrogen-bond donors (Lipinski definition) is 4. The van der Waals surface area contributed by atoms with Crippen LogP contribution in [0.25, 0.3) is 0 Å². The number of nitrogens with zero attached hydrogens (tertiary/aromatic N) is 2. The molecule has 48 heavy (non-hydrogen) atoms. The van der Waals surface area contributed by atoms with Gasteiger partial charge in [0.15, 0.2) is 12.4 Å². The van der Waals surface area contributed by atoms with E-state index in [4.69, 9.17) is 39.9 Å². The number of rotatable bonds is 15. The molecular weight excluding hydrogens is 634 g/mol. The zero-order chi connectivity index (χ0) is 36.5. The average Bonchev–Trinajstić information content (AvgIpc) is 3.37. The fourth-order valence-electron chi connectivity index (χ4n) is 4.41. The van der Waals surface area contributed by atoms with Gasteiger partial charge in [0.25, 0.3) is 0 Å². The lowest BCUT2D eigenvalue weighted by Crippen LogP contribution is -2.48. The van der Waals surface area contributed by atoms with Gasteiger partial charge in [-0.25, -0.2) is 19.2 Å². The first kappa shape index (κ1) is 40.4. The minimum Gasteiger partial charge on any atom is -0.460 e. The van der Waals surface area contributed by atoms with Gasteiger partial charge in [0.1, 0.15) is 42.4 Å². The van der Waals surface area contributed by atoms with Crippen LogP contribution in [0.15, 0.2) is 17.1 Å². The van der Waals surface area contributed by atoms with E-state index in [1.165, 1.54) is 30.7 Å². The van der Waals surface area contributed by atoms with E-state index in [0.29, 0.717) is 0 Å². The quantitative estimate of drug-likeness (QED) is 0.114. The molecule has 0 aliphatic carbocycles. The Labute approximate surface area is 279 Å². The monoisotopic (exact) mass is 685 g/mol. The first-order valence-electron chi connectivity index (χ1n) is 15.8. The highest BCUT2D eigenvalue weighted by atomic mass is 16.6. The highest BCUT2D eigenvalue weighted by Crippen LogP contribution is 2.33. The molecule has 1 amide bonds. The number of amides is 1.